The number of nitrogens with zero attached hydrogens (tertiary/aromatic N) is 10. The van der Waals surface area contributed by atoms with E-state index in [-0.39, 0.29) is 0 Å². The van der Waals surface area contributed by atoms with E-state index in [2.05, 4.69) is 53.0 Å². The van der Waals surface area contributed by atoms with Gasteiger partial charge in [0.2, 0.25) is 11.5 Å². The van der Waals surface area contributed by atoms with Crippen LogP contribution in [0.1, 0.15) is 0 Å². The van der Waals surface area contributed by atoms with Gasteiger partial charge in [-0.3, -0.25) is 0 Å². The first-order chi connectivity index (χ1) is 12.3. The number of anilines is 1. The topological polar surface area (TPSA) is 117 Å². The molecule has 126 valence electrons. The lowest BCUT2D eigenvalue weighted by molar-refractivity contribution is 0.312. The molecule has 4 heterocycles. The number of piperazine rings is 1. The number of H-pyrrole nitrogens is 1. The molecule has 0 unspecified atom stereocenters. The number of fused-ring (bicyclic) bond motifs is 3. The Morgan fingerprint density at radius 3 is 2.76 bits per heavy atom. The van der Waals surface area contributed by atoms with Gasteiger partial charge in [0, 0.05) is 31.7 Å². The number of hydrogen-bond donors (Lipinski definition) is 1. The van der Waals surface area contributed by atoms with Crippen molar-refractivity contribution < 1.29 is 0 Å². The molecule has 0 spiro atoms. The molecular formula is C14H15N11. The van der Waals surface area contributed by atoms with E-state index in [0.29, 0.717) is 11.5 Å². The second-order valence-corrected chi connectivity index (χ2v) is 6.08. The quantitative estimate of drug-likeness (QED) is 0.521. The van der Waals surface area contributed by atoms with Gasteiger partial charge in [0.1, 0.15) is 0 Å². The Morgan fingerprint density at radius 1 is 1.08 bits per heavy atom. The van der Waals surface area contributed by atoms with Gasteiger partial charge in [-0.25, -0.2) is 4.98 Å². The highest BCUT2D eigenvalue weighted by Gasteiger charge is 2.21. The zero-order valence-corrected chi connectivity index (χ0v) is 13.5. The summed E-state index contributed by atoms with van der Waals surface area (Å²) >= 11 is 0. The summed E-state index contributed by atoms with van der Waals surface area (Å²) in [4.78, 5) is 9.36. The molecule has 1 N–H and O–H groups in total. The van der Waals surface area contributed by atoms with Crippen molar-refractivity contribution >= 4 is 22.5 Å². The number of tetrazole rings is 2. The van der Waals surface area contributed by atoms with E-state index in [9.17, 15) is 0 Å². The highest BCUT2D eigenvalue weighted by atomic mass is 15.5. The minimum Gasteiger partial charge on any atom is -0.351 e. The number of benzene rings is 1. The first-order valence-electron chi connectivity index (χ1n) is 7.99. The molecule has 11 heteroatoms. The summed E-state index contributed by atoms with van der Waals surface area (Å²) in [5.41, 5.74) is 3.11. The summed E-state index contributed by atoms with van der Waals surface area (Å²) in [7, 11) is 2.12. The van der Waals surface area contributed by atoms with Crippen LogP contribution in [0.2, 0.25) is 0 Å². The van der Waals surface area contributed by atoms with Crippen molar-refractivity contribution in [1.82, 2.24) is 50.5 Å². The first-order valence-corrected chi connectivity index (χ1v) is 7.99. The second-order valence-electron chi connectivity index (χ2n) is 6.08. The maximum Gasteiger partial charge on any atom is 0.222 e. The normalized spacial score (nSPS) is 16.1. The fourth-order valence-corrected chi connectivity index (χ4v) is 3.09. The lowest BCUT2D eigenvalue weighted by Gasteiger charge is -2.33. The van der Waals surface area contributed by atoms with Gasteiger partial charge in [0.05, 0.1) is 11.0 Å². The van der Waals surface area contributed by atoms with Gasteiger partial charge < -0.3 is 9.80 Å². The summed E-state index contributed by atoms with van der Waals surface area (Å²) in [6.45, 7) is 3.78. The van der Waals surface area contributed by atoms with Gasteiger partial charge in [0.15, 0.2) is 5.82 Å². The largest absolute Gasteiger partial charge is 0.351 e. The molecule has 1 aliphatic heterocycles. The van der Waals surface area contributed by atoms with Crippen LogP contribution in [0.3, 0.4) is 0 Å². The van der Waals surface area contributed by atoms with Gasteiger partial charge in [-0.05, 0) is 40.9 Å². The molecule has 5 rings (SSSR count). The minimum absolute atomic E-state index is 0.520. The Labute approximate surface area is 141 Å². The van der Waals surface area contributed by atoms with Crippen molar-refractivity contribution in [2.75, 3.05) is 38.1 Å². The van der Waals surface area contributed by atoms with Crippen molar-refractivity contribution in [2.24, 2.45) is 0 Å². The lowest BCUT2D eigenvalue weighted by atomic mass is 10.2. The standard InChI is InChI=1S/C14H15N11/c1-23-4-6-24(7-5-23)13-14-18-21-22-25(14)11-8-9(2-3-10(11)15-13)12-16-19-20-17-12/h2-3,8H,4-7H2,1H3,(H,16,17,19,20). The van der Waals surface area contributed by atoms with Crippen molar-refractivity contribution in [3.63, 3.8) is 0 Å². The predicted octanol–water partition coefficient (Wildman–Crippen LogP) is -0.396. The Hall–Kier alpha value is -3.21. The van der Waals surface area contributed by atoms with E-state index >= 15 is 0 Å². The highest BCUT2D eigenvalue weighted by Crippen LogP contribution is 2.26. The van der Waals surface area contributed by atoms with Gasteiger partial charge in [0.25, 0.3) is 0 Å². The number of aromatic amines is 1. The summed E-state index contributed by atoms with van der Waals surface area (Å²) in [5, 5.41) is 26.3. The third kappa shape index (κ3) is 2.28. The number of aromatic nitrogens is 9. The maximum atomic E-state index is 4.83. The predicted molar refractivity (Wildman–Crippen MR) is 89.0 cm³/mol. The Kier molecular flexibility index (Phi) is 3.06. The molecular weight excluding hydrogens is 322 g/mol. The molecule has 11 nitrogen and oxygen atoms in total. The molecule has 0 atom stereocenters. The van der Waals surface area contributed by atoms with Crippen LogP contribution in [0, 0.1) is 0 Å². The van der Waals surface area contributed by atoms with Crippen LogP contribution in [-0.2, 0) is 0 Å². The molecule has 0 saturated carbocycles. The SMILES string of the molecule is CN1CCN(c2nc3ccc(-c4nn[nH]n4)cc3n3nnnc23)CC1. The van der Waals surface area contributed by atoms with Crippen LogP contribution in [0.15, 0.2) is 18.2 Å². The molecule has 0 amide bonds. The molecule has 4 aromatic rings. The molecule has 3 aromatic heterocycles. The molecule has 1 aromatic carbocycles. The highest BCUT2D eigenvalue weighted by molar-refractivity contribution is 5.85. The zero-order chi connectivity index (χ0) is 16.8. The number of nitrogens with one attached hydrogen (secondary N) is 1. The molecule has 0 radical (unpaired) electrons. The summed E-state index contributed by atoms with van der Waals surface area (Å²) in [5.74, 6) is 1.34. The third-order valence-electron chi connectivity index (χ3n) is 4.51. The fourth-order valence-electron chi connectivity index (χ4n) is 3.09. The molecule has 1 fully saturated rings. The smallest absolute Gasteiger partial charge is 0.222 e. The van der Waals surface area contributed by atoms with E-state index in [1.165, 1.54) is 0 Å². The van der Waals surface area contributed by atoms with E-state index in [1.807, 2.05) is 18.2 Å². The van der Waals surface area contributed by atoms with Gasteiger partial charge >= 0.3 is 0 Å². The average molecular weight is 337 g/mol. The second kappa shape index (κ2) is 5.41. The summed E-state index contributed by atoms with van der Waals surface area (Å²) in [6.07, 6.45) is 0. The van der Waals surface area contributed by atoms with Crippen LogP contribution in [0.4, 0.5) is 5.82 Å². The van der Waals surface area contributed by atoms with Crippen molar-refractivity contribution in [3.05, 3.63) is 18.2 Å². The molecule has 0 bridgehead atoms. The van der Waals surface area contributed by atoms with Crippen molar-refractivity contribution in [3.8, 4) is 11.4 Å². The van der Waals surface area contributed by atoms with Crippen molar-refractivity contribution in [1.29, 1.82) is 0 Å². The van der Waals surface area contributed by atoms with Crippen LogP contribution < -0.4 is 4.90 Å². The Morgan fingerprint density at radius 2 is 1.96 bits per heavy atom. The van der Waals surface area contributed by atoms with Crippen LogP contribution >= 0.6 is 0 Å². The van der Waals surface area contributed by atoms with Crippen LogP contribution in [0.25, 0.3) is 28.1 Å². The number of likely N-dealkylation sites (N-methyl/N-ethyl adjacent to an activating group) is 1. The molecule has 25 heavy (non-hydrogen) atoms. The Balaban J connectivity index is 1.67. The van der Waals surface area contributed by atoms with Crippen LogP contribution in [0.5, 0.6) is 0 Å². The molecule has 1 aliphatic rings. The maximum absolute atomic E-state index is 4.83. The van der Waals surface area contributed by atoms with E-state index in [0.717, 1.165) is 48.6 Å². The lowest BCUT2D eigenvalue weighted by Crippen LogP contribution is -2.45. The molecule has 0 aliphatic carbocycles. The third-order valence-corrected chi connectivity index (χ3v) is 4.51. The van der Waals surface area contributed by atoms with Gasteiger partial charge in [-0.1, -0.05) is 0 Å². The summed E-state index contributed by atoms with van der Waals surface area (Å²) < 4.78 is 1.72. The van der Waals surface area contributed by atoms with Crippen LogP contribution in [-0.4, -0.2) is 83.8 Å². The zero-order valence-electron chi connectivity index (χ0n) is 13.5. The molecule has 1 saturated heterocycles. The number of rotatable bonds is 2. The van der Waals surface area contributed by atoms with Gasteiger partial charge in [-0.15, -0.1) is 15.3 Å². The van der Waals surface area contributed by atoms with E-state index in [4.69, 9.17) is 4.98 Å². The first kappa shape index (κ1) is 14.2. The van der Waals surface area contributed by atoms with Gasteiger partial charge in [-0.2, -0.15) is 9.73 Å². The summed E-state index contributed by atoms with van der Waals surface area (Å²) in [6, 6.07) is 5.77. The van der Waals surface area contributed by atoms with Crippen molar-refractivity contribution in [2.45, 2.75) is 0 Å². The monoisotopic (exact) mass is 337 g/mol. The fraction of sp³-hybridized carbons (Fsp3) is 0.357. The Bertz CT molecular complexity index is 1030. The number of hydrogen-bond acceptors (Lipinski definition) is 9. The average Bonchev–Trinajstić information content (AvgIpc) is 3.33. The minimum atomic E-state index is 0.520. The van der Waals surface area contributed by atoms with E-state index in [1.54, 1.807) is 4.52 Å². The van der Waals surface area contributed by atoms with E-state index < -0.39 is 0 Å².